The average Bonchev–Trinajstić information content (AvgIpc) is 2.97. The number of hydrogen-bond acceptors (Lipinski definition) is 5. The molecule has 0 atom stereocenters. The fraction of sp³-hybridized carbons (Fsp3) is 0.222. The van der Waals surface area contributed by atoms with Crippen molar-refractivity contribution < 1.29 is 24.1 Å². The molecule has 0 aliphatic carbocycles. The molecular weight excluding hydrogens is 296 g/mol. The first-order chi connectivity index (χ1) is 11.0. The summed E-state index contributed by atoms with van der Waals surface area (Å²) in [5.41, 5.74) is 2.54. The molecule has 5 nitrogen and oxygen atoms in total. The van der Waals surface area contributed by atoms with E-state index < -0.39 is 0 Å². The molecule has 23 heavy (non-hydrogen) atoms. The summed E-state index contributed by atoms with van der Waals surface area (Å²) >= 11 is 0. The normalized spacial score (nSPS) is 11.0. The summed E-state index contributed by atoms with van der Waals surface area (Å²) in [4.78, 5) is 0. The first kappa shape index (κ1) is 15.1. The Labute approximate surface area is 133 Å². The number of benzene rings is 2. The van der Waals surface area contributed by atoms with Crippen LogP contribution in [0.3, 0.4) is 0 Å². The first-order valence-electron chi connectivity index (χ1n) is 7.14. The van der Waals surface area contributed by atoms with Crippen molar-refractivity contribution in [3.8, 4) is 34.3 Å². The molecule has 0 aliphatic heterocycles. The first-order valence-corrected chi connectivity index (χ1v) is 7.14. The topological polar surface area (TPSA) is 72.1 Å². The van der Waals surface area contributed by atoms with Crippen LogP contribution in [0.1, 0.15) is 11.1 Å². The fourth-order valence-electron chi connectivity index (χ4n) is 2.64. The zero-order valence-corrected chi connectivity index (χ0v) is 13.4. The Morgan fingerprint density at radius 1 is 0.913 bits per heavy atom. The van der Waals surface area contributed by atoms with Crippen LogP contribution >= 0.6 is 0 Å². The molecule has 0 unspecified atom stereocenters. The lowest BCUT2D eigenvalue weighted by Crippen LogP contribution is -1.87. The van der Waals surface area contributed by atoms with E-state index in [1.54, 1.807) is 45.2 Å². The van der Waals surface area contributed by atoms with Crippen LogP contribution in [0.15, 0.2) is 28.7 Å². The Kier molecular flexibility index (Phi) is 3.56. The summed E-state index contributed by atoms with van der Waals surface area (Å²) in [5, 5.41) is 21.0. The van der Waals surface area contributed by atoms with Gasteiger partial charge in [0.25, 0.3) is 0 Å². The van der Waals surface area contributed by atoms with Crippen molar-refractivity contribution in [1.82, 2.24) is 0 Å². The van der Waals surface area contributed by atoms with Gasteiger partial charge in [0.2, 0.25) is 0 Å². The molecule has 5 heteroatoms. The minimum Gasteiger partial charge on any atom is -0.508 e. The SMILES string of the molecule is COc1cc(O)c(C)c(-c2cc3c(O)c(C)c(OC)cc3o2)c1. The molecule has 0 aliphatic rings. The highest BCUT2D eigenvalue weighted by molar-refractivity contribution is 5.91. The van der Waals surface area contributed by atoms with Gasteiger partial charge < -0.3 is 24.1 Å². The Morgan fingerprint density at radius 2 is 1.65 bits per heavy atom. The van der Waals surface area contributed by atoms with E-state index in [9.17, 15) is 10.2 Å². The minimum absolute atomic E-state index is 0.123. The molecule has 2 aromatic carbocycles. The molecule has 0 bridgehead atoms. The Balaban J connectivity index is 2.26. The lowest BCUT2D eigenvalue weighted by Gasteiger charge is -2.08. The zero-order chi connectivity index (χ0) is 16.7. The number of ether oxygens (including phenoxy) is 2. The fourth-order valence-corrected chi connectivity index (χ4v) is 2.64. The quantitative estimate of drug-likeness (QED) is 0.760. The van der Waals surface area contributed by atoms with Gasteiger partial charge in [-0.05, 0) is 26.0 Å². The van der Waals surface area contributed by atoms with Crippen LogP contribution in [0.4, 0.5) is 0 Å². The van der Waals surface area contributed by atoms with Crippen molar-refractivity contribution in [3.63, 3.8) is 0 Å². The van der Waals surface area contributed by atoms with Gasteiger partial charge in [-0.1, -0.05) is 0 Å². The van der Waals surface area contributed by atoms with Gasteiger partial charge in [0, 0.05) is 28.8 Å². The van der Waals surface area contributed by atoms with Crippen LogP contribution in [0.25, 0.3) is 22.3 Å². The summed E-state index contributed by atoms with van der Waals surface area (Å²) in [6, 6.07) is 6.82. The molecule has 0 spiro atoms. The summed E-state index contributed by atoms with van der Waals surface area (Å²) in [5.74, 6) is 1.87. The van der Waals surface area contributed by atoms with E-state index in [1.807, 2.05) is 0 Å². The van der Waals surface area contributed by atoms with E-state index in [0.29, 0.717) is 44.9 Å². The number of phenolic OH excluding ortho intramolecular Hbond substituents is 2. The van der Waals surface area contributed by atoms with Crippen molar-refractivity contribution >= 4 is 11.0 Å². The molecule has 3 aromatic rings. The molecule has 1 heterocycles. The van der Waals surface area contributed by atoms with Crippen molar-refractivity contribution in [3.05, 3.63) is 35.4 Å². The maximum absolute atomic E-state index is 10.3. The van der Waals surface area contributed by atoms with Gasteiger partial charge in [-0.2, -0.15) is 0 Å². The predicted molar refractivity (Wildman–Crippen MR) is 87.6 cm³/mol. The Bertz CT molecular complexity index is 892. The molecule has 3 rings (SSSR count). The highest BCUT2D eigenvalue weighted by Gasteiger charge is 2.18. The molecule has 2 N–H and O–H groups in total. The highest BCUT2D eigenvalue weighted by atomic mass is 16.5. The predicted octanol–water partition coefficient (Wildman–Crippen LogP) is 4.15. The summed E-state index contributed by atoms with van der Waals surface area (Å²) in [6.45, 7) is 3.58. The molecule has 0 radical (unpaired) electrons. The van der Waals surface area contributed by atoms with Gasteiger partial charge in [-0.25, -0.2) is 0 Å². The number of rotatable bonds is 3. The Morgan fingerprint density at radius 3 is 2.30 bits per heavy atom. The molecule has 0 amide bonds. The minimum atomic E-state index is 0.123. The molecule has 0 saturated heterocycles. The van der Waals surface area contributed by atoms with Gasteiger partial charge in [0.05, 0.1) is 19.6 Å². The van der Waals surface area contributed by atoms with Gasteiger partial charge in [0.1, 0.15) is 34.3 Å². The van der Waals surface area contributed by atoms with E-state index in [0.717, 1.165) is 0 Å². The number of aromatic hydroxyl groups is 2. The largest absolute Gasteiger partial charge is 0.508 e. The lowest BCUT2D eigenvalue weighted by atomic mass is 10.0. The number of hydrogen-bond donors (Lipinski definition) is 2. The van der Waals surface area contributed by atoms with E-state index >= 15 is 0 Å². The number of phenols is 2. The van der Waals surface area contributed by atoms with E-state index in [4.69, 9.17) is 13.9 Å². The third-order valence-electron chi connectivity index (χ3n) is 4.08. The molecule has 0 fully saturated rings. The lowest BCUT2D eigenvalue weighted by molar-refractivity contribution is 0.403. The van der Waals surface area contributed by atoms with Crippen molar-refractivity contribution in [2.75, 3.05) is 14.2 Å². The van der Waals surface area contributed by atoms with Crippen LogP contribution in [-0.2, 0) is 0 Å². The molecule has 1 aromatic heterocycles. The monoisotopic (exact) mass is 314 g/mol. The standard InChI is InChI=1S/C18H18O5/c1-9-12(5-11(21-3)6-14(9)19)16-7-13-17(23-16)8-15(22-4)10(2)18(13)20/h5-8,19-20H,1-4H3. The summed E-state index contributed by atoms with van der Waals surface area (Å²) in [6.07, 6.45) is 0. The van der Waals surface area contributed by atoms with Crippen LogP contribution in [-0.4, -0.2) is 24.4 Å². The maximum atomic E-state index is 10.3. The second-order valence-electron chi connectivity index (χ2n) is 5.39. The Hall–Kier alpha value is -2.82. The van der Waals surface area contributed by atoms with Crippen LogP contribution in [0.5, 0.6) is 23.0 Å². The molecular formula is C18H18O5. The number of methoxy groups -OCH3 is 2. The molecule has 120 valence electrons. The van der Waals surface area contributed by atoms with Crippen LogP contribution in [0.2, 0.25) is 0 Å². The van der Waals surface area contributed by atoms with Crippen molar-refractivity contribution in [2.24, 2.45) is 0 Å². The van der Waals surface area contributed by atoms with E-state index in [1.165, 1.54) is 7.11 Å². The van der Waals surface area contributed by atoms with Gasteiger partial charge in [-0.3, -0.25) is 0 Å². The van der Waals surface area contributed by atoms with Crippen molar-refractivity contribution in [2.45, 2.75) is 13.8 Å². The zero-order valence-electron chi connectivity index (χ0n) is 13.4. The third-order valence-corrected chi connectivity index (χ3v) is 4.08. The summed E-state index contributed by atoms with van der Waals surface area (Å²) < 4.78 is 16.3. The maximum Gasteiger partial charge on any atom is 0.142 e. The van der Waals surface area contributed by atoms with E-state index in [-0.39, 0.29) is 11.5 Å². The second-order valence-corrected chi connectivity index (χ2v) is 5.39. The van der Waals surface area contributed by atoms with Gasteiger partial charge in [0.15, 0.2) is 0 Å². The van der Waals surface area contributed by atoms with Crippen LogP contribution in [0, 0.1) is 13.8 Å². The highest BCUT2D eigenvalue weighted by Crippen LogP contribution is 2.42. The van der Waals surface area contributed by atoms with Gasteiger partial charge >= 0.3 is 0 Å². The molecule has 0 saturated carbocycles. The number of fused-ring (bicyclic) bond motifs is 1. The van der Waals surface area contributed by atoms with Crippen molar-refractivity contribution in [1.29, 1.82) is 0 Å². The smallest absolute Gasteiger partial charge is 0.142 e. The number of furan rings is 1. The summed E-state index contributed by atoms with van der Waals surface area (Å²) in [7, 11) is 3.08. The second kappa shape index (κ2) is 5.43. The van der Waals surface area contributed by atoms with Crippen LogP contribution < -0.4 is 9.47 Å². The van der Waals surface area contributed by atoms with Gasteiger partial charge in [-0.15, -0.1) is 0 Å². The average molecular weight is 314 g/mol. The third kappa shape index (κ3) is 2.34. The van der Waals surface area contributed by atoms with E-state index in [2.05, 4.69) is 0 Å².